The second kappa shape index (κ2) is 10.7. The molecule has 0 saturated carbocycles. The van der Waals surface area contributed by atoms with Crippen molar-refractivity contribution in [3.63, 3.8) is 0 Å². The van der Waals surface area contributed by atoms with Crippen LogP contribution >= 0.6 is 0 Å². The Hall–Kier alpha value is -2.60. The first-order valence-electron chi connectivity index (χ1n) is 9.79. The number of rotatable bonds is 9. The molecule has 0 bridgehead atoms. The van der Waals surface area contributed by atoms with Crippen molar-refractivity contribution in [2.24, 2.45) is 0 Å². The Kier molecular flexibility index (Phi) is 7.67. The first-order chi connectivity index (χ1) is 13.7. The molecule has 0 aromatic heterocycles. The molecule has 0 spiro atoms. The summed E-state index contributed by atoms with van der Waals surface area (Å²) in [5.41, 5.74) is 1.73. The molecule has 1 amide bonds. The van der Waals surface area contributed by atoms with Gasteiger partial charge in [0.25, 0.3) is 0 Å². The second-order valence-electron chi connectivity index (χ2n) is 6.90. The number of alkyl carbamates (subject to hydrolysis) is 1. The third-order valence-corrected chi connectivity index (χ3v) is 4.76. The van der Waals surface area contributed by atoms with Crippen LogP contribution in [0, 0.1) is 5.82 Å². The third-order valence-electron chi connectivity index (χ3n) is 4.76. The smallest absolute Gasteiger partial charge is 0.407 e. The van der Waals surface area contributed by atoms with Gasteiger partial charge in [-0.2, -0.15) is 0 Å². The van der Waals surface area contributed by atoms with E-state index in [2.05, 4.69) is 10.2 Å². The zero-order valence-electron chi connectivity index (χ0n) is 16.0. The lowest BCUT2D eigenvalue weighted by molar-refractivity contribution is 0.140. The highest BCUT2D eigenvalue weighted by Crippen LogP contribution is 2.19. The molecule has 1 fully saturated rings. The minimum absolute atomic E-state index is 0.227. The Balaban J connectivity index is 1.35. The van der Waals surface area contributed by atoms with Gasteiger partial charge >= 0.3 is 6.09 Å². The maximum atomic E-state index is 14.2. The minimum atomic E-state index is -0.480. The molecule has 0 radical (unpaired) electrons. The van der Waals surface area contributed by atoms with Gasteiger partial charge in [0.15, 0.2) is 11.6 Å². The van der Waals surface area contributed by atoms with E-state index in [0.29, 0.717) is 19.6 Å². The van der Waals surface area contributed by atoms with E-state index >= 15 is 0 Å². The monoisotopic (exact) mass is 386 g/mol. The molecule has 0 aliphatic carbocycles. The summed E-state index contributed by atoms with van der Waals surface area (Å²) in [7, 11) is 0. The number of hydrogen-bond acceptors (Lipinski definition) is 4. The van der Waals surface area contributed by atoms with Gasteiger partial charge in [-0.1, -0.05) is 36.4 Å². The molecular weight excluding hydrogens is 359 g/mol. The number of nitrogens with zero attached hydrogens (tertiary/aromatic N) is 1. The van der Waals surface area contributed by atoms with E-state index in [1.807, 2.05) is 36.4 Å². The summed E-state index contributed by atoms with van der Waals surface area (Å²) in [4.78, 5) is 14.1. The number of halogens is 1. The number of hydrogen-bond donors (Lipinski definition) is 1. The fraction of sp³-hybridized carbons (Fsp3) is 0.409. The molecule has 1 aliphatic rings. The SMILES string of the molecule is O=C(NCCc1ccc(OCCN2CCCC2)c(F)c1)OCc1ccccc1. The first kappa shape index (κ1) is 20.1. The number of likely N-dealkylation sites (tertiary alicyclic amines) is 1. The summed E-state index contributed by atoms with van der Waals surface area (Å²) in [6.07, 6.45) is 2.50. The zero-order chi connectivity index (χ0) is 19.6. The Bertz CT molecular complexity index is 749. The Labute approximate surface area is 165 Å². The predicted octanol–water partition coefficient (Wildman–Crippen LogP) is 3.77. The van der Waals surface area contributed by atoms with E-state index in [1.165, 1.54) is 18.9 Å². The minimum Gasteiger partial charge on any atom is -0.489 e. The molecule has 5 nitrogen and oxygen atoms in total. The average molecular weight is 386 g/mol. The lowest BCUT2D eigenvalue weighted by atomic mass is 10.1. The van der Waals surface area contributed by atoms with Crippen LogP contribution in [0.25, 0.3) is 0 Å². The maximum absolute atomic E-state index is 14.2. The van der Waals surface area contributed by atoms with E-state index < -0.39 is 6.09 Å². The second-order valence-corrected chi connectivity index (χ2v) is 6.90. The van der Waals surface area contributed by atoms with Crippen LogP contribution in [0.1, 0.15) is 24.0 Å². The summed E-state index contributed by atoms with van der Waals surface area (Å²) < 4.78 is 24.9. The van der Waals surface area contributed by atoms with Crippen molar-refractivity contribution in [3.05, 3.63) is 65.5 Å². The normalized spacial score (nSPS) is 14.0. The van der Waals surface area contributed by atoms with Crippen molar-refractivity contribution in [2.45, 2.75) is 25.9 Å². The van der Waals surface area contributed by atoms with Gasteiger partial charge < -0.3 is 14.8 Å². The van der Waals surface area contributed by atoms with Crippen LogP contribution in [-0.4, -0.2) is 43.8 Å². The number of nitrogens with one attached hydrogen (secondary N) is 1. The largest absolute Gasteiger partial charge is 0.489 e. The fourth-order valence-corrected chi connectivity index (χ4v) is 3.19. The molecule has 1 N–H and O–H groups in total. The fourth-order valence-electron chi connectivity index (χ4n) is 3.19. The van der Waals surface area contributed by atoms with Crippen molar-refractivity contribution in [1.82, 2.24) is 10.2 Å². The van der Waals surface area contributed by atoms with Gasteiger partial charge in [0, 0.05) is 13.1 Å². The standard InChI is InChI=1S/C22H27FN2O3/c23-20-16-18(8-9-21(20)27-15-14-25-12-4-5-13-25)10-11-24-22(26)28-17-19-6-2-1-3-7-19/h1-3,6-9,16H,4-5,10-15,17H2,(H,24,26). The molecule has 2 aromatic rings. The van der Waals surface area contributed by atoms with Gasteiger partial charge in [-0.05, 0) is 55.6 Å². The van der Waals surface area contributed by atoms with Crippen LogP contribution < -0.4 is 10.1 Å². The summed E-state index contributed by atoms with van der Waals surface area (Å²) in [6.45, 7) is 4.13. The number of carbonyl (C=O) groups is 1. The molecule has 6 heteroatoms. The van der Waals surface area contributed by atoms with Crippen LogP contribution in [0.4, 0.5) is 9.18 Å². The van der Waals surface area contributed by atoms with Gasteiger partial charge in [0.05, 0.1) is 0 Å². The molecule has 1 aliphatic heterocycles. The Morgan fingerprint density at radius 3 is 2.61 bits per heavy atom. The van der Waals surface area contributed by atoms with Gasteiger partial charge in [0.2, 0.25) is 0 Å². The van der Waals surface area contributed by atoms with Gasteiger partial charge in [-0.25, -0.2) is 9.18 Å². The quantitative estimate of drug-likeness (QED) is 0.713. The van der Waals surface area contributed by atoms with Gasteiger partial charge in [-0.15, -0.1) is 0 Å². The van der Waals surface area contributed by atoms with Crippen molar-refractivity contribution >= 4 is 6.09 Å². The Morgan fingerprint density at radius 1 is 1.07 bits per heavy atom. The molecule has 2 aromatic carbocycles. The van der Waals surface area contributed by atoms with Crippen molar-refractivity contribution in [1.29, 1.82) is 0 Å². The van der Waals surface area contributed by atoms with Gasteiger partial charge in [-0.3, -0.25) is 4.90 Å². The number of ether oxygens (including phenoxy) is 2. The molecule has 0 atom stereocenters. The highest BCUT2D eigenvalue weighted by atomic mass is 19.1. The molecular formula is C22H27FN2O3. The molecule has 3 rings (SSSR count). The number of amides is 1. The average Bonchev–Trinajstić information content (AvgIpc) is 3.22. The summed E-state index contributed by atoms with van der Waals surface area (Å²) in [6, 6.07) is 14.4. The van der Waals surface area contributed by atoms with Crippen molar-refractivity contribution in [2.75, 3.05) is 32.8 Å². The van der Waals surface area contributed by atoms with Crippen LogP contribution in [0.15, 0.2) is 48.5 Å². The molecule has 28 heavy (non-hydrogen) atoms. The van der Waals surface area contributed by atoms with Crippen LogP contribution in [0.3, 0.4) is 0 Å². The number of carbonyl (C=O) groups excluding carboxylic acids is 1. The molecule has 150 valence electrons. The lowest BCUT2D eigenvalue weighted by Gasteiger charge is -2.15. The zero-order valence-corrected chi connectivity index (χ0v) is 16.0. The first-order valence-corrected chi connectivity index (χ1v) is 9.79. The van der Waals surface area contributed by atoms with Crippen LogP contribution in [-0.2, 0) is 17.8 Å². The number of benzene rings is 2. The molecule has 1 heterocycles. The predicted molar refractivity (Wildman–Crippen MR) is 106 cm³/mol. The van der Waals surface area contributed by atoms with E-state index in [1.54, 1.807) is 6.07 Å². The lowest BCUT2D eigenvalue weighted by Crippen LogP contribution is -2.26. The van der Waals surface area contributed by atoms with Gasteiger partial charge in [0.1, 0.15) is 13.2 Å². The van der Waals surface area contributed by atoms with E-state index in [4.69, 9.17) is 9.47 Å². The van der Waals surface area contributed by atoms with Crippen molar-refractivity contribution in [3.8, 4) is 5.75 Å². The summed E-state index contributed by atoms with van der Waals surface area (Å²) in [5.74, 6) is -0.0937. The van der Waals surface area contributed by atoms with Crippen LogP contribution in [0.5, 0.6) is 5.75 Å². The summed E-state index contributed by atoms with van der Waals surface area (Å²) >= 11 is 0. The third kappa shape index (κ3) is 6.53. The highest BCUT2D eigenvalue weighted by molar-refractivity contribution is 5.67. The topological polar surface area (TPSA) is 50.8 Å². The van der Waals surface area contributed by atoms with E-state index in [0.717, 1.165) is 30.8 Å². The Morgan fingerprint density at radius 2 is 1.86 bits per heavy atom. The van der Waals surface area contributed by atoms with Crippen LogP contribution in [0.2, 0.25) is 0 Å². The molecule has 0 unspecified atom stereocenters. The van der Waals surface area contributed by atoms with Crippen molar-refractivity contribution < 1.29 is 18.7 Å². The highest BCUT2D eigenvalue weighted by Gasteiger charge is 2.12. The summed E-state index contributed by atoms with van der Waals surface area (Å²) in [5, 5.41) is 2.68. The van der Waals surface area contributed by atoms with E-state index in [9.17, 15) is 9.18 Å². The van der Waals surface area contributed by atoms with E-state index in [-0.39, 0.29) is 18.2 Å². The maximum Gasteiger partial charge on any atom is 0.407 e. The molecule has 1 saturated heterocycles.